The Balaban J connectivity index is 0.000000140. The van der Waals surface area contributed by atoms with Crippen LogP contribution in [0.3, 0.4) is 0 Å². The lowest BCUT2D eigenvalue weighted by Crippen LogP contribution is -1.65. The van der Waals surface area contributed by atoms with Crippen LogP contribution in [0.4, 0.5) is 0 Å². The van der Waals surface area contributed by atoms with E-state index in [0.717, 1.165) is 0 Å². The number of hydrogen-bond acceptors (Lipinski definition) is 4. The van der Waals surface area contributed by atoms with Crippen molar-refractivity contribution in [2.75, 3.05) is 0 Å². The quantitative estimate of drug-likeness (QED) is 0.684. The van der Waals surface area contributed by atoms with Crippen molar-refractivity contribution in [2.45, 2.75) is 0 Å². The van der Waals surface area contributed by atoms with Gasteiger partial charge in [-0.15, -0.1) is 0 Å². The first-order valence-electron chi connectivity index (χ1n) is 3.84. The lowest BCUT2D eigenvalue weighted by Gasteiger charge is -1.68. The van der Waals surface area contributed by atoms with Crippen molar-refractivity contribution in [1.82, 2.24) is 0 Å². The Morgan fingerprint density at radius 2 is 1.29 bits per heavy atom. The summed E-state index contributed by atoms with van der Waals surface area (Å²) < 4.78 is 9.23. The molecule has 2 heterocycles. The zero-order valence-electron chi connectivity index (χ0n) is 7.25. The first-order valence-corrected chi connectivity index (χ1v) is 3.84. The molecule has 0 aliphatic rings. The fraction of sp³-hybridized carbons (Fsp3) is 0. The minimum absolute atomic E-state index is 0.375. The summed E-state index contributed by atoms with van der Waals surface area (Å²) in [6.07, 6.45) is 4.26. The summed E-state index contributed by atoms with van der Waals surface area (Å²) in [5, 5.41) is 0. The van der Waals surface area contributed by atoms with Crippen LogP contribution >= 0.6 is 0 Å². The van der Waals surface area contributed by atoms with E-state index in [-0.39, 0.29) is 0 Å². The molecule has 0 saturated carbocycles. The van der Waals surface area contributed by atoms with E-state index in [2.05, 4.69) is 8.83 Å². The van der Waals surface area contributed by atoms with E-state index in [1.165, 1.54) is 12.5 Å². The first-order chi connectivity index (χ1) is 6.86. The van der Waals surface area contributed by atoms with Crippen LogP contribution < -0.4 is 0 Å². The van der Waals surface area contributed by atoms with Crippen molar-refractivity contribution >= 4 is 12.6 Å². The molecule has 0 saturated heterocycles. The molecule has 0 fully saturated rings. The molecular weight excluding hydrogens is 184 g/mol. The smallest absolute Gasteiger partial charge is 0.185 e. The summed E-state index contributed by atoms with van der Waals surface area (Å²) in [6, 6.07) is 6.55. The predicted molar refractivity (Wildman–Crippen MR) is 48.2 cm³/mol. The maximum absolute atomic E-state index is 9.77. The Labute approximate surface area is 80.1 Å². The molecule has 0 spiro atoms. The van der Waals surface area contributed by atoms with Gasteiger partial charge in [0.2, 0.25) is 0 Å². The number of furan rings is 2. The van der Waals surface area contributed by atoms with Gasteiger partial charge in [-0.25, -0.2) is 0 Å². The third kappa shape index (κ3) is 3.10. The van der Waals surface area contributed by atoms with Crippen LogP contribution in [0.1, 0.15) is 21.1 Å². The van der Waals surface area contributed by atoms with Crippen molar-refractivity contribution in [3.8, 4) is 0 Å². The summed E-state index contributed by atoms with van der Waals surface area (Å²) in [4.78, 5) is 19.5. The van der Waals surface area contributed by atoms with Gasteiger partial charge in [0.1, 0.15) is 0 Å². The number of rotatable bonds is 2. The fourth-order valence-corrected chi connectivity index (χ4v) is 0.717. The molecule has 0 unspecified atom stereocenters. The van der Waals surface area contributed by atoms with Gasteiger partial charge in [0.05, 0.1) is 12.5 Å². The van der Waals surface area contributed by atoms with Crippen molar-refractivity contribution in [2.24, 2.45) is 0 Å². The summed E-state index contributed by atoms with van der Waals surface area (Å²) in [5.74, 6) is 0.750. The molecule has 0 amide bonds. The van der Waals surface area contributed by atoms with E-state index in [0.29, 0.717) is 24.1 Å². The Morgan fingerprint density at radius 1 is 0.857 bits per heavy atom. The van der Waals surface area contributed by atoms with Crippen LogP contribution in [-0.4, -0.2) is 12.6 Å². The number of carbonyl (C=O) groups is 2. The van der Waals surface area contributed by atoms with Crippen LogP contribution in [0.25, 0.3) is 0 Å². The van der Waals surface area contributed by atoms with Gasteiger partial charge in [0, 0.05) is 0 Å². The molecule has 0 N–H and O–H groups in total. The topological polar surface area (TPSA) is 60.4 Å². The van der Waals surface area contributed by atoms with Gasteiger partial charge < -0.3 is 8.83 Å². The minimum Gasteiger partial charge on any atom is -0.462 e. The predicted octanol–water partition coefficient (Wildman–Crippen LogP) is 2.18. The van der Waals surface area contributed by atoms with Crippen molar-refractivity contribution < 1.29 is 18.4 Å². The molecule has 0 bridgehead atoms. The average Bonchev–Trinajstić information content (AvgIpc) is 2.92. The second-order valence-corrected chi connectivity index (χ2v) is 2.27. The van der Waals surface area contributed by atoms with Gasteiger partial charge in [-0.3, -0.25) is 9.59 Å². The molecular formula is C10H8O4. The lowest BCUT2D eigenvalue weighted by atomic mass is 10.5. The highest BCUT2D eigenvalue weighted by Crippen LogP contribution is 1.93. The lowest BCUT2D eigenvalue weighted by molar-refractivity contribution is 0.109. The molecule has 0 radical (unpaired) electrons. The van der Waals surface area contributed by atoms with Crippen LogP contribution in [0, 0.1) is 0 Å². The largest absolute Gasteiger partial charge is 0.462 e. The molecule has 2 aromatic rings. The molecule has 2 aromatic heterocycles. The molecule has 14 heavy (non-hydrogen) atoms. The van der Waals surface area contributed by atoms with Gasteiger partial charge in [0.15, 0.2) is 24.1 Å². The second-order valence-electron chi connectivity index (χ2n) is 2.27. The molecule has 2 rings (SSSR count). The van der Waals surface area contributed by atoms with E-state index in [1.54, 1.807) is 24.3 Å². The molecule has 0 aliphatic carbocycles. The monoisotopic (exact) mass is 192 g/mol. The second kappa shape index (κ2) is 5.53. The highest BCUT2D eigenvalue weighted by Gasteiger charge is 1.85. The van der Waals surface area contributed by atoms with Gasteiger partial charge in [-0.2, -0.15) is 0 Å². The number of aldehydes is 2. The number of hydrogen-bond donors (Lipinski definition) is 0. The Morgan fingerprint density at radius 3 is 1.43 bits per heavy atom. The maximum atomic E-state index is 9.77. The van der Waals surface area contributed by atoms with Crippen LogP contribution in [-0.2, 0) is 0 Å². The third-order valence-corrected chi connectivity index (χ3v) is 1.32. The molecule has 72 valence electrons. The van der Waals surface area contributed by atoms with Crippen LogP contribution in [0.2, 0.25) is 0 Å². The highest BCUT2D eigenvalue weighted by molar-refractivity contribution is 5.70. The Bertz CT molecular complexity index is 320. The SMILES string of the molecule is O=Cc1ccco1.O=Cc1ccco1. The normalized spacial score (nSPS) is 8.57. The number of carbonyl (C=O) groups excluding carboxylic acids is 2. The van der Waals surface area contributed by atoms with Crippen LogP contribution in [0.15, 0.2) is 45.6 Å². The van der Waals surface area contributed by atoms with Gasteiger partial charge >= 0.3 is 0 Å². The Hall–Kier alpha value is -2.10. The van der Waals surface area contributed by atoms with E-state index >= 15 is 0 Å². The van der Waals surface area contributed by atoms with Gasteiger partial charge in [-0.05, 0) is 24.3 Å². The van der Waals surface area contributed by atoms with Gasteiger partial charge in [-0.1, -0.05) is 0 Å². The minimum atomic E-state index is 0.375. The summed E-state index contributed by atoms with van der Waals surface area (Å²) >= 11 is 0. The molecule has 0 aromatic carbocycles. The Kier molecular flexibility index (Phi) is 3.94. The zero-order valence-corrected chi connectivity index (χ0v) is 7.25. The van der Waals surface area contributed by atoms with Crippen molar-refractivity contribution in [3.05, 3.63) is 48.3 Å². The molecule has 4 nitrogen and oxygen atoms in total. The highest BCUT2D eigenvalue weighted by atomic mass is 16.3. The third-order valence-electron chi connectivity index (χ3n) is 1.32. The van der Waals surface area contributed by atoms with E-state index in [1.807, 2.05) is 0 Å². The van der Waals surface area contributed by atoms with E-state index in [9.17, 15) is 9.59 Å². The maximum Gasteiger partial charge on any atom is 0.185 e. The van der Waals surface area contributed by atoms with Crippen molar-refractivity contribution in [1.29, 1.82) is 0 Å². The standard InChI is InChI=1S/2C5H4O2/c2*6-4-5-2-1-3-7-5/h2*1-4H. The van der Waals surface area contributed by atoms with Crippen molar-refractivity contribution in [3.63, 3.8) is 0 Å². The zero-order chi connectivity index (χ0) is 10.2. The summed E-state index contributed by atoms with van der Waals surface area (Å²) in [5.41, 5.74) is 0. The van der Waals surface area contributed by atoms with E-state index < -0.39 is 0 Å². The fourth-order valence-electron chi connectivity index (χ4n) is 0.717. The molecule has 0 atom stereocenters. The van der Waals surface area contributed by atoms with Gasteiger partial charge in [0.25, 0.3) is 0 Å². The van der Waals surface area contributed by atoms with E-state index in [4.69, 9.17) is 0 Å². The first kappa shape index (κ1) is 9.98. The molecule has 4 heteroatoms. The summed E-state index contributed by atoms with van der Waals surface area (Å²) in [6.45, 7) is 0. The van der Waals surface area contributed by atoms with Crippen LogP contribution in [0.5, 0.6) is 0 Å². The average molecular weight is 192 g/mol. The summed E-state index contributed by atoms with van der Waals surface area (Å²) in [7, 11) is 0. The molecule has 0 aliphatic heterocycles.